The van der Waals surface area contributed by atoms with E-state index in [4.69, 9.17) is 22.4 Å². The van der Waals surface area contributed by atoms with Gasteiger partial charge in [-0.25, -0.2) is 19.6 Å². The minimum absolute atomic E-state index is 0.0907. The van der Waals surface area contributed by atoms with Crippen LogP contribution in [0.1, 0.15) is 31.5 Å². The Morgan fingerprint density at radius 1 is 1.18 bits per heavy atom. The maximum absolute atomic E-state index is 13.6. The highest BCUT2D eigenvalue weighted by Crippen LogP contribution is 2.37. The van der Waals surface area contributed by atoms with Crippen molar-refractivity contribution in [2.75, 3.05) is 11.1 Å². The first-order chi connectivity index (χ1) is 18.9. The number of nitrogens with one attached hydrogen (secondary N) is 1. The van der Waals surface area contributed by atoms with E-state index in [-0.39, 0.29) is 17.5 Å². The number of pyridine rings is 1. The molecule has 0 atom stereocenters. The fourth-order valence-corrected chi connectivity index (χ4v) is 6.23. The number of hydrogen-bond donors (Lipinski definition) is 2. The Labute approximate surface area is 230 Å². The van der Waals surface area contributed by atoms with Crippen molar-refractivity contribution in [2.45, 2.75) is 32.4 Å². The van der Waals surface area contributed by atoms with Gasteiger partial charge in [0, 0.05) is 24.2 Å². The standard InChI is InChI=1S/C27H21ClN8O2S/c1-13(37)32-27-33-19-8-5-15(10-20(19)39-27)23-22-24(29)30-12-31-25(22)35(34-23)11-17-9-14-3-2-4-18(28)21(14)26(38)36(17)16-6-7-16/h2-5,8-10,12,16H,6-7,11H2,1H3,(H2,29,30,31)(H,32,33,37). The van der Waals surface area contributed by atoms with Gasteiger partial charge in [0.15, 0.2) is 10.8 Å². The number of aromatic nitrogens is 6. The first kappa shape index (κ1) is 23.7. The lowest BCUT2D eigenvalue weighted by molar-refractivity contribution is -0.114. The molecule has 10 nitrogen and oxygen atoms in total. The highest BCUT2D eigenvalue weighted by molar-refractivity contribution is 7.22. The number of benzene rings is 2. The molecule has 0 spiro atoms. The van der Waals surface area contributed by atoms with Crippen molar-refractivity contribution in [3.63, 3.8) is 0 Å². The molecule has 0 aliphatic heterocycles. The van der Waals surface area contributed by atoms with Gasteiger partial charge in [0.2, 0.25) is 5.91 Å². The summed E-state index contributed by atoms with van der Waals surface area (Å²) < 4.78 is 4.51. The van der Waals surface area contributed by atoms with Gasteiger partial charge >= 0.3 is 0 Å². The number of carbonyl (C=O) groups is 1. The highest BCUT2D eigenvalue weighted by atomic mass is 35.5. The summed E-state index contributed by atoms with van der Waals surface area (Å²) in [5.41, 5.74) is 9.86. The number of halogens is 1. The average Bonchev–Trinajstić information content (AvgIpc) is 3.54. The molecule has 12 heteroatoms. The smallest absolute Gasteiger partial charge is 0.260 e. The maximum atomic E-state index is 13.6. The Morgan fingerprint density at radius 2 is 2.03 bits per heavy atom. The molecule has 7 rings (SSSR count). The monoisotopic (exact) mass is 556 g/mol. The van der Waals surface area contributed by atoms with E-state index < -0.39 is 0 Å². The van der Waals surface area contributed by atoms with Gasteiger partial charge in [-0.15, -0.1) is 0 Å². The minimum atomic E-state index is -0.176. The summed E-state index contributed by atoms with van der Waals surface area (Å²) >= 11 is 7.80. The fourth-order valence-electron chi connectivity index (χ4n) is 5.01. The zero-order chi connectivity index (χ0) is 26.8. The van der Waals surface area contributed by atoms with Crippen molar-refractivity contribution in [1.82, 2.24) is 29.3 Å². The molecule has 194 valence electrons. The second kappa shape index (κ2) is 8.85. The van der Waals surface area contributed by atoms with Gasteiger partial charge in [-0.3, -0.25) is 9.59 Å². The van der Waals surface area contributed by atoms with E-state index in [1.807, 2.05) is 41.0 Å². The zero-order valence-corrected chi connectivity index (χ0v) is 22.3. The van der Waals surface area contributed by atoms with Crippen LogP contribution in [-0.2, 0) is 11.3 Å². The SMILES string of the molecule is CC(=O)Nc1nc2ccc(-c3nn(Cc4cc5cccc(Cl)c5c(=O)n4C4CC4)c4ncnc(N)c34)cc2s1. The number of amides is 1. The van der Waals surface area contributed by atoms with Gasteiger partial charge in [0.05, 0.1) is 32.6 Å². The van der Waals surface area contributed by atoms with Crippen LogP contribution < -0.4 is 16.6 Å². The predicted molar refractivity (Wildman–Crippen MR) is 153 cm³/mol. The van der Waals surface area contributed by atoms with Gasteiger partial charge in [-0.1, -0.05) is 41.1 Å². The molecule has 1 aliphatic rings. The summed E-state index contributed by atoms with van der Waals surface area (Å²) in [4.78, 5) is 38.2. The van der Waals surface area contributed by atoms with E-state index in [9.17, 15) is 9.59 Å². The summed E-state index contributed by atoms with van der Waals surface area (Å²) in [7, 11) is 0. The Bertz CT molecular complexity index is 2020. The normalized spacial score (nSPS) is 13.5. The summed E-state index contributed by atoms with van der Waals surface area (Å²) in [6, 6.07) is 13.4. The molecule has 0 unspecified atom stereocenters. The quantitative estimate of drug-likeness (QED) is 0.305. The molecule has 1 aliphatic carbocycles. The first-order valence-corrected chi connectivity index (χ1v) is 13.5. The lowest BCUT2D eigenvalue weighted by atomic mass is 10.1. The fraction of sp³-hybridized carbons (Fsp3) is 0.185. The van der Waals surface area contributed by atoms with Crippen molar-refractivity contribution in [3.05, 3.63) is 69.9 Å². The molecular weight excluding hydrogens is 536 g/mol. The van der Waals surface area contributed by atoms with Crippen molar-refractivity contribution in [2.24, 2.45) is 0 Å². The largest absolute Gasteiger partial charge is 0.383 e. The average molecular weight is 557 g/mol. The third-order valence-corrected chi connectivity index (χ3v) is 8.09. The van der Waals surface area contributed by atoms with Crippen LogP contribution in [0, 0.1) is 0 Å². The molecule has 0 saturated heterocycles. The zero-order valence-electron chi connectivity index (χ0n) is 20.7. The number of nitrogens with two attached hydrogens (primary N) is 1. The van der Waals surface area contributed by atoms with E-state index in [1.165, 1.54) is 24.6 Å². The van der Waals surface area contributed by atoms with E-state index in [2.05, 4.69) is 20.3 Å². The van der Waals surface area contributed by atoms with Gasteiger partial charge in [0.25, 0.3) is 5.56 Å². The Balaban J connectivity index is 1.38. The van der Waals surface area contributed by atoms with Crippen LogP contribution in [0.3, 0.4) is 0 Å². The molecule has 3 N–H and O–H groups in total. The van der Waals surface area contributed by atoms with E-state index in [0.717, 1.165) is 39.7 Å². The molecule has 1 saturated carbocycles. The van der Waals surface area contributed by atoms with Crippen LogP contribution in [0.4, 0.5) is 10.9 Å². The van der Waals surface area contributed by atoms with Crippen LogP contribution in [0.15, 0.2) is 53.6 Å². The Kier molecular flexibility index (Phi) is 5.39. The highest BCUT2D eigenvalue weighted by Gasteiger charge is 2.29. The maximum Gasteiger partial charge on any atom is 0.260 e. The second-order valence-corrected chi connectivity index (χ2v) is 11.0. The van der Waals surface area contributed by atoms with Crippen LogP contribution in [0.5, 0.6) is 0 Å². The first-order valence-electron chi connectivity index (χ1n) is 12.4. The molecule has 0 bridgehead atoms. The van der Waals surface area contributed by atoms with Crippen molar-refractivity contribution < 1.29 is 4.79 Å². The van der Waals surface area contributed by atoms with Crippen LogP contribution >= 0.6 is 22.9 Å². The number of carbonyl (C=O) groups excluding carboxylic acids is 1. The number of hydrogen-bond acceptors (Lipinski definition) is 8. The van der Waals surface area contributed by atoms with Crippen LogP contribution in [0.25, 0.3) is 43.3 Å². The summed E-state index contributed by atoms with van der Waals surface area (Å²) in [6.45, 7) is 1.77. The van der Waals surface area contributed by atoms with Crippen molar-refractivity contribution in [3.8, 4) is 11.3 Å². The van der Waals surface area contributed by atoms with Crippen molar-refractivity contribution in [1.29, 1.82) is 0 Å². The Morgan fingerprint density at radius 3 is 2.82 bits per heavy atom. The third kappa shape index (κ3) is 4.01. The van der Waals surface area contributed by atoms with Crippen molar-refractivity contribution >= 4 is 71.8 Å². The van der Waals surface area contributed by atoms with Gasteiger partial charge in [-0.05, 0) is 42.5 Å². The number of nitrogens with zero attached hydrogens (tertiary/aromatic N) is 6. The van der Waals surface area contributed by atoms with Gasteiger partial charge in [0.1, 0.15) is 17.8 Å². The molecule has 4 aromatic heterocycles. The van der Waals surface area contributed by atoms with E-state index in [1.54, 1.807) is 10.7 Å². The lowest BCUT2D eigenvalue weighted by Gasteiger charge is -2.15. The molecule has 0 radical (unpaired) electrons. The molecule has 6 aromatic rings. The van der Waals surface area contributed by atoms with Gasteiger partial charge in [-0.2, -0.15) is 5.10 Å². The predicted octanol–water partition coefficient (Wildman–Crippen LogP) is 5.00. The van der Waals surface area contributed by atoms with Crippen LogP contribution in [0.2, 0.25) is 5.02 Å². The number of fused-ring (bicyclic) bond motifs is 3. The Hall–Kier alpha value is -4.35. The molecule has 1 amide bonds. The van der Waals surface area contributed by atoms with Crippen LogP contribution in [-0.4, -0.2) is 35.2 Å². The van der Waals surface area contributed by atoms with E-state index >= 15 is 0 Å². The summed E-state index contributed by atoms with van der Waals surface area (Å²) in [6.07, 6.45) is 3.30. The minimum Gasteiger partial charge on any atom is -0.383 e. The third-order valence-electron chi connectivity index (χ3n) is 6.84. The topological polar surface area (TPSA) is 134 Å². The lowest BCUT2D eigenvalue weighted by Crippen LogP contribution is -2.24. The summed E-state index contributed by atoms with van der Waals surface area (Å²) in [5, 5.41) is 10.6. The van der Waals surface area contributed by atoms with Gasteiger partial charge < -0.3 is 15.6 Å². The molecule has 4 heterocycles. The molecule has 1 fully saturated rings. The molecule has 39 heavy (non-hydrogen) atoms. The number of anilines is 2. The number of rotatable bonds is 5. The number of nitrogen functional groups attached to an aromatic ring is 1. The summed E-state index contributed by atoms with van der Waals surface area (Å²) in [5.74, 6) is 0.138. The second-order valence-electron chi connectivity index (χ2n) is 9.59. The molecular formula is C27H21ClN8O2S. The number of thiazole rings is 1. The molecule has 2 aromatic carbocycles. The van der Waals surface area contributed by atoms with E-state index in [0.29, 0.717) is 44.6 Å².